The van der Waals surface area contributed by atoms with Gasteiger partial charge in [-0.15, -0.1) is 11.3 Å². The third kappa shape index (κ3) is 3.19. The van der Waals surface area contributed by atoms with Crippen LogP contribution in [0.15, 0.2) is 17.5 Å². The Morgan fingerprint density at radius 3 is 2.40 bits per heavy atom. The van der Waals surface area contributed by atoms with Crippen LogP contribution in [0.2, 0.25) is 0 Å². The van der Waals surface area contributed by atoms with Crippen molar-refractivity contribution in [1.82, 2.24) is 14.7 Å². The summed E-state index contributed by atoms with van der Waals surface area (Å²) in [6.45, 7) is 4.79. The first kappa shape index (κ1) is 15.0. The summed E-state index contributed by atoms with van der Waals surface area (Å²) in [5.74, 6) is 0.217. The molecular weight excluding hydrogens is 274 g/mol. The third-order valence-electron chi connectivity index (χ3n) is 3.68. The van der Waals surface area contributed by atoms with Crippen LogP contribution < -0.4 is 0 Å². The van der Waals surface area contributed by atoms with Gasteiger partial charge in [0.25, 0.3) is 5.91 Å². The number of piperazine rings is 1. The molecule has 0 radical (unpaired) electrons. The summed E-state index contributed by atoms with van der Waals surface area (Å²) in [4.78, 5) is 30.6. The van der Waals surface area contributed by atoms with Gasteiger partial charge in [0.15, 0.2) is 0 Å². The second-order valence-corrected chi connectivity index (χ2v) is 6.16. The third-order valence-corrected chi connectivity index (χ3v) is 4.54. The van der Waals surface area contributed by atoms with E-state index in [9.17, 15) is 9.59 Å². The molecule has 1 saturated heterocycles. The summed E-state index contributed by atoms with van der Waals surface area (Å²) in [6, 6.07) is 3.63. The van der Waals surface area contributed by atoms with E-state index in [-0.39, 0.29) is 17.9 Å². The zero-order chi connectivity index (χ0) is 14.7. The van der Waals surface area contributed by atoms with Gasteiger partial charge in [-0.3, -0.25) is 14.5 Å². The second kappa shape index (κ2) is 6.37. The highest BCUT2D eigenvalue weighted by Crippen LogP contribution is 2.15. The highest BCUT2D eigenvalue weighted by atomic mass is 32.1. The Kier molecular flexibility index (Phi) is 4.77. The zero-order valence-corrected chi connectivity index (χ0v) is 13.0. The number of nitrogens with zero attached hydrogens (tertiary/aromatic N) is 3. The number of carbonyl (C=O) groups is 2. The average Bonchev–Trinajstić information content (AvgIpc) is 2.99. The maximum absolute atomic E-state index is 12.2. The van der Waals surface area contributed by atoms with Crippen LogP contribution in [0.1, 0.15) is 16.6 Å². The summed E-state index contributed by atoms with van der Waals surface area (Å²) in [7, 11) is 3.55. The number of amides is 2. The van der Waals surface area contributed by atoms with Gasteiger partial charge in [0.05, 0.1) is 10.9 Å². The number of rotatable bonds is 3. The SMILES string of the molecule is CC(C(=O)N(C)C)N1CCN(C(=O)c2cccs2)CC1. The maximum Gasteiger partial charge on any atom is 0.264 e. The molecule has 5 nitrogen and oxygen atoms in total. The topological polar surface area (TPSA) is 43.9 Å². The predicted octanol–water partition coefficient (Wildman–Crippen LogP) is 0.983. The molecule has 0 saturated carbocycles. The van der Waals surface area contributed by atoms with E-state index in [1.807, 2.05) is 29.3 Å². The van der Waals surface area contributed by atoms with E-state index in [1.54, 1.807) is 19.0 Å². The number of likely N-dealkylation sites (N-methyl/N-ethyl adjacent to an activating group) is 1. The molecule has 1 aromatic heterocycles. The van der Waals surface area contributed by atoms with Crippen LogP contribution >= 0.6 is 11.3 Å². The molecule has 1 unspecified atom stereocenters. The van der Waals surface area contributed by atoms with Crippen LogP contribution in [-0.4, -0.2) is 72.8 Å². The van der Waals surface area contributed by atoms with E-state index in [0.29, 0.717) is 13.1 Å². The molecule has 0 aromatic carbocycles. The average molecular weight is 295 g/mol. The summed E-state index contributed by atoms with van der Waals surface area (Å²) in [6.07, 6.45) is 0. The second-order valence-electron chi connectivity index (χ2n) is 5.21. The molecule has 0 N–H and O–H groups in total. The van der Waals surface area contributed by atoms with Crippen molar-refractivity contribution in [1.29, 1.82) is 0 Å². The first-order chi connectivity index (χ1) is 9.50. The maximum atomic E-state index is 12.2. The molecule has 1 fully saturated rings. The van der Waals surface area contributed by atoms with Crippen molar-refractivity contribution in [3.05, 3.63) is 22.4 Å². The first-order valence-corrected chi connectivity index (χ1v) is 7.66. The van der Waals surface area contributed by atoms with E-state index in [4.69, 9.17) is 0 Å². The van der Waals surface area contributed by atoms with Gasteiger partial charge in [0.1, 0.15) is 0 Å². The summed E-state index contributed by atoms with van der Waals surface area (Å²) in [5, 5.41) is 1.92. The molecule has 0 bridgehead atoms. The van der Waals surface area contributed by atoms with Gasteiger partial charge in [0, 0.05) is 40.3 Å². The van der Waals surface area contributed by atoms with Crippen molar-refractivity contribution in [3.8, 4) is 0 Å². The van der Waals surface area contributed by atoms with Crippen LogP contribution in [0.5, 0.6) is 0 Å². The normalized spacial score (nSPS) is 17.9. The fourth-order valence-electron chi connectivity index (χ4n) is 2.40. The molecule has 0 spiro atoms. The Labute approximate surface area is 123 Å². The van der Waals surface area contributed by atoms with E-state index in [2.05, 4.69) is 4.90 Å². The molecule has 1 aliphatic rings. The lowest BCUT2D eigenvalue weighted by molar-refractivity contribution is -0.134. The fraction of sp³-hybridized carbons (Fsp3) is 0.571. The summed E-state index contributed by atoms with van der Waals surface area (Å²) >= 11 is 1.47. The van der Waals surface area contributed by atoms with Crippen molar-refractivity contribution >= 4 is 23.2 Å². The molecule has 1 atom stereocenters. The minimum atomic E-state index is -0.121. The van der Waals surface area contributed by atoms with Crippen molar-refractivity contribution in [2.24, 2.45) is 0 Å². The lowest BCUT2D eigenvalue weighted by Crippen LogP contribution is -2.54. The molecule has 1 aromatic rings. The highest BCUT2D eigenvalue weighted by molar-refractivity contribution is 7.12. The Morgan fingerprint density at radius 1 is 1.25 bits per heavy atom. The molecule has 6 heteroatoms. The molecular formula is C14H21N3O2S. The van der Waals surface area contributed by atoms with Gasteiger partial charge in [-0.25, -0.2) is 0 Å². The van der Waals surface area contributed by atoms with E-state index in [1.165, 1.54) is 11.3 Å². The van der Waals surface area contributed by atoms with E-state index < -0.39 is 0 Å². The van der Waals surface area contributed by atoms with Crippen molar-refractivity contribution in [2.75, 3.05) is 40.3 Å². The smallest absolute Gasteiger partial charge is 0.264 e. The van der Waals surface area contributed by atoms with Crippen LogP contribution in [0.3, 0.4) is 0 Å². The molecule has 2 rings (SSSR count). The molecule has 110 valence electrons. The summed E-state index contributed by atoms with van der Waals surface area (Å²) < 4.78 is 0. The van der Waals surface area contributed by atoms with E-state index >= 15 is 0 Å². The van der Waals surface area contributed by atoms with Gasteiger partial charge >= 0.3 is 0 Å². The lowest BCUT2D eigenvalue weighted by atomic mass is 10.2. The Bertz CT molecular complexity index is 465. The molecule has 1 aliphatic heterocycles. The molecule has 0 aliphatic carbocycles. The van der Waals surface area contributed by atoms with Crippen LogP contribution in [0.4, 0.5) is 0 Å². The van der Waals surface area contributed by atoms with Crippen molar-refractivity contribution in [3.63, 3.8) is 0 Å². The summed E-state index contributed by atoms with van der Waals surface area (Å²) in [5.41, 5.74) is 0. The van der Waals surface area contributed by atoms with Crippen LogP contribution in [0, 0.1) is 0 Å². The van der Waals surface area contributed by atoms with Crippen LogP contribution in [0.25, 0.3) is 0 Å². The zero-order valence-electron chi connectivity index (χ0n) is 12.2. The minimum Gasteiger partial charge on any atom is -0.347 e. The van der Waals surface area contributed by atoms with Gasteiger partial charge in [-0.05, 0) is 18.4 Å². The number of hydrogen-bond donors (Lipinski definition) is 0. The van der Waals surface area contributed by atoms with Crippen LogP contribution in [-0.2, 0) is 4.79 Å². The Hall–Kier alpha value is -1.40. The Morgan fingerprint density at radius 2 is 1.90 bits per heavy atom. The van der Waals surface area contributed by atoms with Crippen molar-refractivity contribution < 1.29 is 9.59 Å². The van der Waals surface area contributed by atoms with Gasteiger partial charge in [-0.1, -0.05) is 6.07 Å². The standard InChI is InChI=1S/C14H21N3O2S/c1-11(13(18)15(2)3)16-6-8-17(9-7-16)14(19)12-5-4-10-20-12/h4-5,10-11H,6-9H2,1-3H3. The molecule has 2 amide bonds. The van der Waals surface area contributed by atoms with Gasteiger partial charge < -0.3 is 9.80 Å². The van der Waals surface area contributed by atoms with Gasteiger partial charge in [0.2, 0.25) is 5.91 Å². The van der Waals surface area contributed by atoms with Gasteiger partial charge in [-0.2, -0.15) is 0 Å². The number of thiophene rings is 1. The van der Waals surface area contributed by atoms with Crippen molar-refractivity contribution in [2.45, 2.75) is 13.0 Å². The Balaban J connectivity index is 1.89. The first-order valence-electron chi connectivity index (χ1n) is 6.78. The monoisotopic (exact) mass is 295 g/mol. The molecule has 20 heavy (non-hydrogen) atoms. The quantitative estimate of drug-likeness (QED) is 0.835. The number of hydrogen-bond acceptors (Lipinski definition) is 4. The fourth-order valence-corrected chi connectivity index (χ4v) is 3.09. The predicted molar refractivity (Wildman–Crippen MR) is 80.0 cm³/mol. The largest absolute Gasteiger partial charge is 0.347 e. The minimum absolute atomic E-state index is 0.103. The molecule has 2 heterocycles. The number of carbonyl (C=O) groups excluding carboxylic acids is 2. The van der Waals surface area contributed by atoms with E-state index in [0.717, 1.165) is 18.0 Å². The lowest BCUT2D eigenvalue weighted by Gasteiger charge is -2.37. The highest BCUT2D eigenvalue weighted by Gasteiger charge is 2.28.